The predicted octanol–water partition coefficient (Wildman–Crippen LogP) is 2.53. The highest BCUT2D eigenvalue weighted by Crippen LogP contribution is 2.17. The highest BCUT2D eigenvalue weighted by molar-refractivity contribution is 7.27. The Balaban J connectivity index is 2.26. The summed E-state index contributed by atoms with van der Waals surface area (Å²) in [4.78, 5) is 22.6. The van der Waals surface area contributed by atoms with Crippen LogP contribution in [0, 0.1) is 6.92 Å². The van der Waals surface area contributed by atoms with Gasteiger partial charge in [0.2, 0.25) is 0 Å². The summed E-state index contributed by atoms with van der Waals surface area (Å²) in [6.07, 6.45) is 0. The first-order valence-corrected chi connectivity index (χ1v) is 9.00. The molecular formula is C20H24N3O3P. The minimum atomic E-state index is -0.332. The molecule has 0 heterocycles. The fourth-order valence-corrected chi connectivity index (χ4v) is 2.70. The van der Waals surface area contributed by atoms with Gasteiger partial charge < -0.3 is 15.0 Å². The molecule has 0 saturated heterocycles. The van der Waals surface area contributed by atoms with Crippen LogP contribution in [0.4, 0.5) is 0 Å². The average Bonchev–Trinajstić information content (AvgIpc) is 2.67. The van der Waals surface area contributed by atoms with Crippen molar-refractivity contribution >= 4 is 31.9 Å². The Kier molecular flexibility index (Phi) is 7.50. The van der Waals surface area contributed by atoms with Crippen LogP contribution >= 0.6 is 9.24 Å². The second-order valence-corrected chi connectivity index (χ2v) is 6.54. The topological polar surface area (TPSA) is 72.3 Å². The summed E-state index contributed by atoms with van der Waals surface area (Å²) in [6, 6.07) is 13.6. The molecule has 142 valence electrons. The van der Waals surface area contributed by atoms with E-state index in [1.54, 1.807) is 7.05 Å². The summed E-state index contributed by atoms with van der Waals surface area (Å²) in [6.45, 7) is 4.05. The number of likely N-dealkylation sites (N-methyl/N-ethyl adjacent to an activating group) is 1. The average molecular weight is 385 g/mol. The molecule has 0 saturated carbocycles. The van der Waals surface area contributed by atoms with Crippen LogP contribution in [0.1, 0.15) is 29.2 Å². The lowest BCUT2D eigenvalue weighted by Crippen LogP contribution is -2.29. The molecule has 1 unspecified atom stereocenters. The van der Waals surface area contributed by atoms with Gasteiger partial charge in [0.1, 0.15) is 13.7 Å². The summed E-state index contributed by atoms with van der Waals surface area (Å²) >= 11 is 0. The van der Waals surface area contributed by atoms with E-state index in [0.717, 1.165) is 27.7 Å². The van der Waals surface area contributed by atoms with E-state index in [0.29, 0.717) is 5.56 Å². The monoisotopic (exact) mass is 385 g/mol. The van der Waals surface area contributed by atoms with E-state index in [2.05, 4.69) is 24.9 Å². The lowest BCUT2D eigenvalue weighted by atomic mass is 9.98. The Morgan fingerprint density at radius 2 is 1.85 bits per heavy atom. The number of hydrogen-bond donors (Lipinski definition) is 1. The van der Waals surface area contributed by atoms with Crippen LogP contribution in [0.25, 0.3) is 0 Å². The summed E-state index contributed by atoms with van der Waals surface area (Å²) in [5, 5.41) is 11.8. The van der Waals surface area contributed by atoms with E-state index in [-0.39, 0.29) is 18.2 Å². The molecule has 0 aliphatic heterocycles. The van der Waals surface area contributed by atoms with Crippen molar-refractivity contribution in [3.63, 3.8) is 0 Å². The summed E-state index contributed by atoms with van der Waals surface area (Å²) in [5.41, 5.74) is 4.40. The molecule has 27 heavy (non-hydrogen) atoms. The molecule has 0 aliphatic carbocycles. The number of nitrogens with one attached hydrogen (secondary N) is 1. The molecule has 0 fully saturated rings. The number of rotatable bonds is 7. The van der Waals surface area contributed by atoms with Crippen LogP contribution < -0.4 is 10.6 Å². The molecule has 7 heteroatoms. The van der Waals surface area contributed by atoms with Gasteiger partial charge in [0, 0.05) is 18.2 Å². The van der Waals surface area contributed by atoms with E-state index in [1.165, 1.54) is 7.11 Å². The van der Waals surface area contributed by atoms with Crippen molar-refractivity contribution in [2.75, 3.05) is 14.2 Å². The number of nitrogens with zero attached hydrogens (tertiary/aromatic N) is 2. The van der Waals surface area contributed by atoms with Crippen molar-refractivity contribution in [1.29, 1.82) is 0 Å². The van der Waals surface area contributed by atoms with Gasteiger partial charge in [-0.3, -0.25) is 4.79 Å². The molecule has 2 rings (SSSR count). The van der Waals surface area contributed by atoms with Gasteiger partial charge in [0.05, 0.1) is 5.71 Å². The molecule has 1 N–H and O–H groups in total. The van der Waals surface area contributed by atoms with Crippen LogP contribution in [0.3, 0.4) is 0 Å². The van der Waals surface area contributed by atoms with Gasteiger partial charge in [0.25, 0.3) is 5.91 Å². The molecule has 1 atom stereocenters. The zero-order valence-corrected chi connectivity index (χ0v) is 17.1. The number of carbonyl (C=O) groups is 1. The van der Waals surface area contributed by atoms with Gasteiger partial charge in [-0.15, -0.1) is 9.24 Å². The second-order valence-electron chi connectivity index (χ2n) is 5.87. The van der Waals surface area contributed by atoms with Crippen molar-refractivity contribution in [2.45, 2.75) is 20.5 Å². The number of aryl methyl sites for hydroxylation is 1. The zero-order chi connectivity index (χ0) is 19.8. The summed E-state index contributed by atoms with van der Waals surface area (Å²) in [7, 11) is 5.60. The van der Waals surface area contributed by atoms with Gasteiger partial charge in [0.15, 0.2) is 5.71 Å². The van der Waals surface area contributed by atoms with Gasteiger partial charge in [-0.25, -0.2) is 0 Å². The fourth-order valence-electron chi connectivity index (χ4n) is 2.51. The van der Waals surface area contributed by atoms with Crippen molar-refractivity contribution in [3.05, 3.63) is 64.7 Å². The quantitative estimate of drug-likeness (QED) is 0.452. The van der Waals surface area contributed by atoms with E-state index in [4.69, 9.17) is 9.68 Å². The number of hydrogen-bond acceptors (Lipinski definition) is 5. The first kappa shape index (κ1) is 20.6. The molecule has 0 aromatic heterocycles. The Morgan fingerprint density at radius 1 is 1.15 bits per heavy atom. The van der Waals surface area contributed by atoms with Crippen molar-refractivity contribution in [2.24, 2.45) is 10.3 Å². The van der Waals surface area contributed by atoms with Crippen LogP contribution in [-0.4, -0.2) is 31.5 Å². The summed E-state index contributed by atoms with van der Waals surface area (Å²) < 4.78 is 0. The minimum absolute atomic E-state index is 0.194. The van der Waals surface area contributed by atoms with Gasteiger partial charge >= 0.3 is 0 Å². The molecule has 0 radical (unpaired) electrons. The van der Waals surface area contributed by atoms with Crippen molar-refractivity contribution in [3.8, 4) is 0 Å². The standard InChI is InChI=1S/C20H24N3O3P/c1-13-6-5-7-17(19(23-25-4)20(24)21-3)18(13)12-26-22-14(2)15-8-10-16(27)11-9-15/h5-11H,12,27H2,1-4H3,(H,21,24)/b22-14+,23-19+. The third-order valence-corrected chi connectivity index (χ3v) is 4.41. The van der Waals surface area contributed by atoms with E-state index < -0.39 is 0 Å². The molecule has 0 aliphatic rings. The number of carbonyl (C=O) groups excluding carboxylic acids is 1. The second kappa shape index (κ2) is 9.83. The maximum absolute atomic E-state index is 12.2. The van der Waals surface area contributed by atoms with E-state index >= 15 is 0 Å². The van der Waals surface area contributed by atoms with Gasteiger partial charge in [-0.05, 0) is 30.3 Å². The van der Waals surface area contributed by atoms with E-state index in [9.17, 15) is 4.79 Å². The minimum Gasteiger partial charge on any atom is -0.398 e. The third kappa shape index (κ3) is 5.38. The third-order valence-electron chi connectivity index (χ3n) is 4.03. The van der Waals surface area contributed by atoms with Crippen molar-refractivity contribution in [1.82, 2.24) is 5.32 Å². The summed E-state index contributed by atoms with van der Waals surface area (Å²) in [5.74, 6) is -0.332. The highest BCUT2D eigenvalue weighted by Gasteiger charge is 2.19. The molecule has 2 aromatic rings. The van der Waals surface area contributed by atoms with E-state index in [1.807, 2.05) is 56.3 Å². The Labute approximate surface area is 161 Å². The van der Waals surface area contributed by atoms with Crippen LogP contribution in [0.2, 0.25) is 0 Å². The number of benzene rings is 2. The molecule has 0 bridgehead atoms. The zero-order valence-electron chi connectivity index (χ0n) is 15.9. The first-order chi connectivity index (χ1) is 13.0. The largest absolute Gasteiger partial charge is 0.398 e. The van der Waals surface area contributed by atoms with Crippen LogP contribution in [0.5, 0.6) is 0 Å². The molecule has 0 spiro atoms. The molecule has 1 amide bonds. The van der Waals surface area contributed by atoms with Crippen LogP contribution in [-0.2, 0) is 21.1 Å². The highest BCUT2D eigenvalue weighted by atomic mass is 31.0. The maximum Gasteiger partial charge on any atom is 0.273 e. The smallest absolute Gasteiger partial charge is 0.273 e. The molecule has 2 aromatic carbocycles. The lowest BCUT2D eigenvalue weighted by molar-refractivity contribution is -0.114. The molecular weight excluding hydrogens is 361 g/mol. The SMILES string of the molecule is CNC(=O)/C(=N/OC)c1cccc(C)c1CO/N=C(\C)c1ccc(P)cc1. The normalized spacial score (nSPS) is 11.9. The lowest BCUT2D eigenvalue weighted by Gasteiger charge is -2.13. The first-order valence-electron chi connectivity index (χ1n) is 8.42. The van der Waals surface area contributed by atoms with Gasteiger partial charge in [-0.1, -0.05) is 52.8 Å². The fraction of sp³-hybridized carbons (Fsp3) is 0.250. The Bertz CT molecular complexity index is 861. The predicted molar refractivity (Wildman–Crippen MR) is 112 cm³/mol. The maximum atomic E-state index is 12.2. The molecule has 6 nitrogen and oxygen atoms in total. The van der Waals surface area contributed by atoms with Gasteiger partial charge in [-0.2, -0.15) is 0 Å². The number of amides is 1. The van der Waals surface area contributed by atoms with Crippen molar-refractivity contribution < 1.29 is 14.5 Å². The van der Waals surface area contributed by atoms with Crippen LogP contribution in [0.15, 0.2) is 52.8 Å². The Morgan fingerprint density at radius 3 is 2.48 bits per heavy atom. The number of oxime groups is 2. The Hall–Kier alpha value is -2.72.